The van der Waals surface area contributed by atoms with Gasteiger partial charge in [0, 0.05) is 12.5 Å². The van der Waals surface area contributed by atoms with E-state index >= 15 is 0 Å². The third kappa shape index (κ3) is 2.56. The van der Waals surface area contributed by atoms with Crippen LogP contribution in [-0.2, 0) is 19.1 Å². The zero-order chi connectivity index (χ0) is 18.4. The van der Waals surface area contributed by atoms with E-state index in [2.05, 4.69) is 19.1 Å². The number of methoxy groups -OCH3 is 1. The Balaban J connectivity index is 1.67. The molecule has 1 unspecified atom stereocenters. The first kappa shape index (κ1) is 17.3. The molecule has 5 nitrogen and oxygen atoms in total. The number of amides is 1. The minimum absolute atomic E-state index is 0.0464. The van der Waals surface area contributed by atoms with Crippen molar-refractivity contribution in [3.63, 3.8) is 0 Å². The number of ether oxygens (including phenoxy) is 1. The minimum atomic E-state index is -0.415. The summed E-state index contributed by atoms with van der Waals surface area (Å²) >= 11 is 0. The van der Waals surface area contributed by atoms with E-state index in [-0.39, 0.29) is 29.1 Å². The number of nitrogens with zero attached hydrogens (tertiary/aromatic N) is 1. The number of esters is 1. The molecular formula is C21H25NO4. The smallest absolute Gasteiger partial charge is 0.335 e. The Bertz CT molecular complexity index is 760. The van der Waals surface area contributed by atoms with Crippen LogP contribution < -0.4 is 0 Å². The van der Waals surface area contributed by atoms with Crippen LogP contribution >= 0.6 is 0 Å². The molecule has 0 N–H and O–H groups in total. The lowest BCUT2D eigenvalue weighted by Gasteiger charge is -2.40. The second kappa shape index (κ2) is 6.53. The number of carbonyl (C=O) groups is 3. The Morgan fingerprint density at radius 1 is 1.19 bits per heavy atom. The molecule has 0 aromatic heterocycles. The second-order valence-electron chi connectivity index (χ2n) is 7.87. The molecule has 2 aliphatic heterocycles. The fraction of sp³-hybridized carbons (Fsp3) is 0.571. The zero-order valence-corrected chi connectivity index (χ0v) is 15.4. The molecule has 4 rings (SSSR count). The van der Waals surface area contributed by atoms with Crippen molar-refractivity contribution in [2.24, 2.45) is 23.7 Å². The van der Waals surface area contributed by atoms with Crippen LogP contribution in [0.3, 0.4) is 0 Å². The monoisotopic (exact) mass is 355 g/mol. The van der Waals surface area contributed by atoms with Crippen LogP contribution in [0.25, 0.3) is 0 Å². The topological polar surface area (TPSA) is 63.7 Å². The molecule has 1 amide bonds. The average Bonchev–Trinajstić information content (AvgIpc) is 3.21. The van der Waals surface area contributed by atoms with Gasteiger partial charge in [-0.3, -0.25) is 9.59 Å². The normalized spacial score (nSPS) is 33.1. The van der Waals surface area contributed by atoms with Gasteiger partial charge in [-0.25, -0.2) is 4.79 Å². The Kier molecular flexibility index (Phi) is 4.33. The quantitative estimate of drug-likeness (QED) is 0.444. The summed E-state index contributed by atoms with van der Waals surface area (Å²) in [6, 6.07) is 0. The molecule has 1 fully saturated rings. The Morgan fingerprint density at radius 2 is 1.96 bits per heavy atom. The van der Waals surface area contributed by atoms with E-state index in [4.69, 9.17) is 4.74 Å². The lowest BCUT2D eigenvalue weighted by Crippen LogP contribution is -2.40. The van der Waals surface area contributed by atoms with Gasteiger partial charge in [-0.05, 0) is 43.1 Å². The van der Waals surface area contributed by atoms with Crippen LogP contribution in [0.2, 0.25) is 0 Å². The van der Waals surface area contributed by atoms with Crippen LogP contribution in [0.15, 0.2) is 35.1 Å². The average molecular weight is 355 g/mol. The van der Waals surface area contributed by atoms with Crippen molar-refractivity contribution in [1.82, 2.24) is 4.90 Å². The second-order valence-corrected chi connectivity index (χ2v) is 7.87. The van der Waals surface area contributed by atoms with Crippen LogP contribution in [0.1, 0.15) is 39.0 Å². The first-order chi connectivity index (χ1) is 12.5. The van der Waals surface area contributed by atoms with Gasteiger partial charge in [-0.15, -0.1) is 0 Å². The van der Waals surface area contributed by atoms with E-state index < -0.39 is 5.97 Å². The van der Waals surface area contributed by atoms with E-state index in [1.807, 2.05) is 0 Å². The van der Waals surface area contributed by atoms with Crippen molar-refractivity contribution in [1.29, 1.82) is 0 Å². The van der Waals surface area contributed by atoms with Gasteiger partial charge in [-0.1, -0.05) is 31.9 Å². The van der Waals surface area contributed by atoms with Gasteiger partial charge in [-0.2, -0.15) is 0 Å². The largest absolute Gasteiger partial charge is 0.466 e. The summed E-state index contributed by atoms with van der Waals surface area (Å²) in [6.07, 6.45) is 11.1. The van der Waals surface area contributed by atoms with Crippen molar-refractivity contribution in [2.45, 2.75) is 39.0 Å². The molecule has 4 aliphatic rings. The summed E-state index contributed by atoms with van der Waals surface area (Å²) in [5.41, 5.74) is 1.30. The van der Waals surface area contributed by atoms with Gasteiger partial charge in [0.15, 0.2) is 5.78 Å². The number of ketones is 1. The molecule has 0 radical (unpaired) electrons. The highest BCUT2D eigenvalue weighted by Crippen LogP contribution is 2.45. The lowest BCUT2D eigenvalue weighted by atomic mass is 9.63. The van der Waals surface area contributed by atoms with E-state index in [1.54, 1.807) is 11.0 Å². The maximum Gasteiger partial charge on any atom is 0.335 e. The van der Waals surface area contributed by atoms with Gasteiger partial charge in [0.25, 0.3) is 5.91 Å². The number of hydrogen-bond donors (Lipinski definition) is 0. The van der Waals surface area contributed by atoms with Gasteiger partial charge in [0.1, 0.15) is 0 Å². The summed E-state index contributed by atoms with van der Waals surface area (Å²) in [5, 5.41) is 0. The molecule has 2 heterocycles. The Morgan fingerprint density at radius 3 is 2.73 bits per heavy atom. The molecule has 4 atom stereocenters. The number of hydrogen-bond acceptors (Lipinski definition) is 4. The molecule has 5 heteroatoms. The highest BCUT2D eigenvalue weighted by molar-refractivity contribution is 6.23. The molecule has 1 saturated carbocycles. The summed E-state index contributed by atoms with van der Waals surface area (Å²) < 4.78 is 4.82. The van der Waals surface area contributed by atoms with E-state index in [9.17, 15) is 14.4 Å². The summed E-state index contributed by atoms with van der Waals surface area (Å²) in [7, 11) is 1.34. The summed E-state index contributed by atoms with van der Waals surface area (Å²) in [6.45, 7) is 2.52. The van der Waals surface area contributed by atoms with Gasteiger partial charge in [0.2, 0.25) is 0 Å². The molecule has 2 aliphatic carbocycles. The van der Waals surface area contributed by atoms with Crippen molar-refractivity contribution >= 4 is 17.7 Å². The van der Waals surface area contributed by atoms with Crippen molar-refractivity contribution in [2.75, 3.05) is 13.7 Å². The van der Waals surface area contributed by atoms with E-state index in [0.717, 1.165) is 19.3 Å². The van der Waals surface area contributed by atoms with Crippen molar-refractivity contribution in [3.05, 3.63) is 35.1 Å². The number of fused-ring (bicyclic) bond motifs is 2. The molecule has 0 bridgehead atoms. The lowest BCUT2D eigenvalue weighted by molar-refractivity contribution is -0.136. The van der Waals surface area contributed by atoms with Crippen LogP contribution in [0.4, 0.5) is 0 Å². The van der Waals surface area contributed by atoms with Gasteiger partial charge in [0.05, 0.1) is 24.0 Å². The van der Waals surface area contributed by atoms with Crippen molar-refractivity contribution in [3.8, 4) is 0 Å². The molecular weight excluding hydrogens is 330 g/mol. The molecule has 26 heavy (non-hydrogen) atoms. The molecule has 0 saturated heterocycles. The SMILES string of the molecule is COC(=O)C1=C2C=C(C(=O)C3[C@H]4CCCC[C@@H]4C=C[C@@H]3C)C(=O)N2CC1. The Labute approximate surface area is 153 Å². The predicted molar refractivity (Wildman–Crippen MR) is 95.7 cm³/mol. The van der Waals surface area contributed by atoms with E-state index in [0.29, 0.717) is 36.1 Å². The molecule has 0 aromatic carbocycles. The standard InChI is InChI=1S/C21H25NO4/c1-12-7-8-13-5-3-4-6-14(13)18(12)19(23)16-11-17-15(21(25)26-2)9-10-22(17)20(16)24/h7-8,11-14,18H,3-6,9-10H2,1-2H3/t12-,13+,14-,18?/m0/s1. The molecule has 0 spiro atoms. The van der Waals surface area contributed by atoms with Crippen LogP contribution in [0.5, 0.6) is 0 Å². The first-order valence-corrected chi connectivity index (χ1v) is 9.60. The third-order valence-electron chi connectivity index (χ3n) is 6.51. The Hall–Kier alpha value is -2.17. The predicted octanol–water partition coefficient (Wildman–Crippen LogP) is 2.78. The van der Waals surface area contributed by atoms with Crippen LogP contribution in [-0.4, -0.2) is 36.2 Å². The number of allylic oxidation sites excluding steroid dienone is 3. The summed E-state index contributed by atoms with van der Waals surface area (Å²) in [4.78, 5) is 39.7. The highest BCUT2D eigenvalue weighted by atomic mass is 16.5. The third-order valence-corrected chi connectivity index (χ3v) is 6.51. The van der Waals surface area contributed by atoms with Crippen molar-refractivity contribution < 1.29 is 19.1 Å². The number of rotatable bonds is 3. The number of Topliss-reactive ketones (excluding diaryl/α,β-unsaturated/α-hetero) is 1. The minimum Gasteiger partial charge on any atom is -0.466 e. The van der Waals surface area contributed by atoms with E-state index in [1.165, 1.54) is 13.5 Å². The zero-order valence-electron chi connectivity index (χ0n) is 15.4. The number of carbonyl (C=O) groups excluding carboxylic acids is 3. The summed E-state index contributed by atoms with van der Waals surface area (Å²) in [5.74, 6) is 0.0716. The highest BCUT2D eigenvalue weighted by Gasteiger charge is 2.45. The molecule has 138 valence electrons. The molecule has 0 aromatic rings. The van der Waals surface area contributed by atoms with Gasteiger partial charge < -0.3 is 9.64 Å². The maximum absolute atomic E-state index is 13.4. The first-order valence-electron chi connectivity index (χ1n) is 9.60. The fourth-order valence-electron chi connectivity index (χ4n) is 5.17. The fourth-order valence-corrected chi connectivity index (χ4v) is 5.17. The van der Waals surface area contributed by atoms with Crippen LogP contribution in [0, 0.1) is 23.7 Å². The van der Waals surface area contributed by atoms with Gasteiger partial charge >= 0.3 is 5.97 Å². The maximum atomic E-state index is 13.4.